The van der Waals surface area contributed by atoms with E-state index in [9.17, 15) is 19.2 Å². The number of carbonyl (C=O) groups excluding carboxylic acids is 4. The van der Waals surface area contributed by atoms with Crippen molar-refractivity contribution in [2.24, 2.45) is 11.8 Å². The van der Waals surface area contributed by atoms with Gasteiger partial charge in [0.05, 0.1) is 52.6 Å². The Morgan fingerprint density at radius 1 is 0.400 bits per heavy atom. The molecule has 0 fully saturated rings. The number of fused-ring (bicyclic) bond motifs is 8. The van der Waals surface area contributed by atoms with Crippen molar-refractivity contribution in [2.45, 2.75) is 74.5 Å². The van der Waals surface area contributed by atoms with Crippen LogP contribution in [0.15, 0.2) is 97.1 Å². The van der Waals surface area contributed by atoms with Crippen LogP contribution in [0.4, 0.5) is 22.7 Å². The molecule has 1 radical (unpaired) electrons. The van der Waals surface area contributed by atoms with Crippen LogP contribution in [0.1, 0.15) is 81.0 Å². The predicted molar refractivity (Wildman–Crippen MR) is 316 cm³/mol. The van der Waals surface area contributed by atoms with E-state index in [0.717, 1.165) is 33.4 Å². The standard InChI is InChI=1S/C64H66N8O7.Co/c1-33(2)61(73)69-40-20-15-21-41(70-62(74)34(3)4)57(40)59-48-29-25-44(65-48)55(53-35(5)17-13-18-36(53)6)45-26-30-49(66-45)60(58-42(71-63(75)38(8)77-10)22-16-23-43(58)72-64(76)39(9)78-11)51-32-28-47(68-51)56(46-27-31-50(59)67-46)54-37(7)19-14-24-52(54)79-12;/h13-34,38-39H,1-12H3,(H6,65,66,67,68,69,70,71,72,73,74,75,76);/q;+2/p-2. The average Bonchev–Trinajstić information content (AvgIpc) is 4.29. The molecular formula is C64H64CoN8O7. The number of aryl methyl sites for hydroxylation is 3. The maximum Gasteiger partial charge on any atom is 2.00 e. The molecule has 2 atom stereocenters. The molecule has 7 aromatic rings. The van der Waals surface area contributed by atoms with Crippen LogP contribution in [0, 0.1) is 32.6 Å². The quantitative estimate of drug-likeness (QED) is 0.0762. The molecule has 16 heteroatoms. The van der Waals surface area contributed by atoms with Crippen molar-refractivity contribution in [1.29, 1.82) is 0 Å². The van der Waals surface area contributed by atoms with Crippen LogP contribution in [-0.4, -0.2) is 67.1 Å². The number of aromatic nitrogens is 4. The topological polar surface area (TPSA) is 198 Å². The Morgan fingerprint density at radius 3 is 1.04 bits per heavy atom. The molecule has 4 amide bonds. The number of nitrogens with one attached hydrogen (secondary N) is 4. The van der Waals surface area contributed by atoms with E-state index < -0.39 is 24.0 Å². The molecule has 9 rings (SSSR count). The van der Waals surface area contributed by atoms with Crippen LogP contribution in [-0.2, 0) is 45.4 Å². The summed E-state index contributed by atoms with van der Waals surface area (Å²) in [7, 11) is 4.54. The number of hydrogen-bond acceptors (Lipinski definition) is 9. The summed E-state index contributed by atoms with van der Waals surface area (Å²) >= 11 is 0. The second-order valence-electron chi connectivity index (χ2n) is 20.3. The third-order valence-electron chi connectivity index (χ3n) is 14.2. The molecule has 411 valence electrons. The number of benzene rings is 4. The van der Waals surface area contributed by atoms with Gasteiger partial charge in [-0.15, -0.1) is 22.1 Å². The van der Waals surface area contributed by atoms with Gasteiger partial charge in [0.1, 0.15) is 18.0 Å². The fourth-order valence-electron chi connectivity index (χ4n) is 9.75. The van der Waals surface area contributed by atoms with E-state index in [1.165, 1.54) is 14.2 Å². The number of ether oxygens (including phenoxy) is 3. The Hall–Kier alpha value is -8.41. The molecule has 4 aromatic carbocycles. The summed E-state index contributed by atoms with van der Waals surface area (Å²) < 4.78 is 17.0. The van der Waals surface area contributed by atoms with Gasteiger partial charge in [-0.2, -0.15) is 0 Å². The number of anilines is 4. The smallest absolute Gasteiger partial charge is 0.657 e. The van der Waals surface area contributed by atoms with Gasteiger partial charge in [0.25, 0.3) is 11.8 Å². The third kappa shape index (κ3) is 11.4. The molecule has 3 aromatic heterocycles. The van der Waals surface area contributed by atoms with Crippen LogP contribution in [0.3, 0.4) is 0 Å². The fourth-order valence-corrected chi connectivity index (χ4v) is 9.75. The van der Waals surface area contributed by atoms with Crippen molar-refractivity contribution >= 4 is 92.7 Å². The van der Waals surface area contributed by atoms with E-state index in [-0.39, 0.29) is 40.4 Å². The summed E-state index contributed by atoms with van der Waals surface area (Å²) in [5.41, 5.74) is 13.6. The second kappa shape index (κ2) is 24.3. The molecule has 8 bridgehead atoms. The maximum atomic E-state index is 13.9. The Labute approximate surface area is 476 Å². The SMILES string of the molecule is COc1cccc(C)c1-c1c2nc(c(-c3c(NC(=O)C(C)C)cccc3NC(=O)C(C)C)c3ccc([n-]3)c(-c3c(C)cccc3C)c3nc(c(-c4c(NC(=O)C(C)OC)cccc4NC(=O)C(C)OC)c4ccc1[n-]4)C=C3)C=C2.[Co+2]. The van der Waals surface area contributed by atoms with Gasteiger partial charge in [0.2, 0.25) is 11.8 Å². The number of rotatable bonds is 15. The van der Waals surface area contributed by atoms with E-state index in [0.29, 0.717) is 101 Å². The van der Waals surface area contributed by atoms with E-state index >= 15 is 0 Å². The Morgan fingerprint density at radius 2 is 0.700 bits per heavy atom. The van der Waals surface area contributed by atoms with Crippen LogP contribution in [0.2, 0.25) is 0 Å². The fraction of sp³-hybridized carbons (Fsp3) is 0.250. The molecule has 0 spiro atoms. The van der Waals surface area contributed by atoms with Gasteiger partial charge in [0, 0.05) is 42.7 Å². The number of nitrogens with zero attached hydrogens (tertiary/aromatic N) is 4. The molecule has 0 aliphatic carbocycles. The molecule has 2 unspecified atom stereocenters. The maximum absolute atomic E-state index is 13.9. The minimum atomic E-state index is -0.830. The van der Waals surface area contributed by atoms with Gasteiger partial charge in [-0.05, 0) is 134 Å². The van der Waals surface area contributed by atoms with Gasteiger partial charge in [-0.1, -0.05) is 94.4 Å². The number of methoxy groups -OCH3 is 3. The summed E-state index contributed by atoms with van der Waals surface area (Å²) in [6, 6.07) is 30.3. The molecular weight excluding hydrogens is 1050 g/mol. The first-order chi connectivity index (χ1) is 37.9. The molecule has 0 saturated carbocycles. The molecule has 15 nitrogen and oxygen atoms in total. The summed E-state index contributed by atoms with van der Waals surface area (Å²) in [4.78, 5) is 77.3. The van der Waals surface area contributed by atoms with Crippen LogP contribution in [0.25, 0.3) is 90.9 Å². The molecule has 2 aliphatic heterocycles. The van der Waals surface area contributed by atoms with Gasteiger partial charge in [-0.3, -0.25) is 19.2 Å². The van der Waals surface area contributed by atoms with E-state index in [4.69, 9.17) is 34.1 Å². The third-order valence-corrected chi connectivity index (χ3v) is 14.2. The average molecular weight is 1120 g/mol. The summed E-state index contributed by atoms with van der Waals surface area (Å²) in [6.45, 7) is 16.7. The van der Waals surface area contributed by atoms with Crippen molar-refractivity contribution in [3.05, 3.63) is 137 Å². The summed E-state index contributed by atoms with van der Waals surface area (Å²) in [5.74, 6) is -1.44. The minimum Gasteiger partial charge on any atom is -0.657 e. The summed E-state index contributed by atoms with van der Waals surface area (Å²) in [6.07, 6.45) is 6.02. The van der Waals surface area contributed by atoms with Crippen LogP contribution < -0.4 is 36.0 Å². The first-order valence-electron chi connectivity index (χ1n) is 26.2. The number of hydrogen-bond donors (Lipinski definition) is 4. The van der Waals surface area contributed by atoms with Gasteiger partial charge in [-0.25, -0.2) is 9.97 Å². The van der Waals surface area contributed by atoms with Crippen molar-refractivity contribution in [1.82, 2.24) is 19.9 Å². The van der Waals surface area contributed by atoms with E-state index in [1.807, 2.05) is 146 Å². The van der Waals surface area contributed by atoms with Crippen molar-refractivity contribution in [3.8, 4) is 50.3 Å². The van der Waals surface area contributed by atoms with Gasteiger partial charge < -0.3 is 45.4 Å². The Kier molecular flexibility index (Phi) is 17.5. The van der Waals surface area contributed by atoms with Gasteiger partial charge >= 0.3 is 16.8 Å². The number of amides is 4. The van der Waals surface area contributed by atoms with Gasteiger partial charge in [0.15, 0.2) is 0 Å². The van der Waals surface area contributed by atoms with E-state index in [2.05, 4.69) is 21.3 Å². The zero-order valence-electron chi connectivity index (χ0n) is 46.8. The minimum absolute atomic E-state index is 0. The zero-order valence-corrected chi connectivity index (χ0v) is 47.9. The van der Waals surface area contributed by atoms with E-state index in [1.54, 1.807) is 45.2 Å². The molecule has 0 saturated heterocycles. The normalized spacial score (nSPS) is 12.5. The molecule has 2 aliphatic rings. The Balaban J connectivity index is 0.00000841. The van der Waals surface area contributed by atoms with Crippen LogP contribution >= 0.6 is 0 Å². The van der Waals surface area contributed by atoms with Crippen LogP contribution in [0.5, 0.6) is 5.75 Å². The second-order valence-corrected chi connectivity index (χ2v) is 20.3. The number of carbonyl (C=O) groups is 4. The monoisotopic (exact) mass is 1120 g/mol. The van der Waals surface area contributed by atoms with Crippen molar-refractivity contribution < 1.29 is 50.2 Å². The largest absolute Gasteiger partial charge is 2.00 e. The van der Waals surface area contributed by atoms with Crippen molar-refractivity contribution in [2.75, 3.05) is 42.6 Å². The first-order valence-corrected chi connectivity index (χ1v) is 26.2. The first kappa shape index (κ1) is 57.8. The molecule has 5 heterocycles. The van der Waals surface area contributed by atoms with Crippen molar-refractivity contribution in [3.63, 3.8) is 0 Å². The summed E-state index contributed by atoms with van der Waals surface area (Å²) in [5, 5.41) is 12.5. The molecule has 4 N–H and O–H groups in total. The Bertz CT molecular complexity index is 3730. The predicted octanol–water partition coefficient (Wildman–Crippen LogP) is 12.6. The zero-order chi connectivity index (χ0) is 56.4. The molecule has 80 heavy (non-hydrogen) atoms.